The Balaban J connectivity index is 3.05. The van der Waals surface area contributed by atoms with E-state index < -0.39 is 5.97 Å². The summed E-state index contributed by atoms with van der Waals surface area (Å²) >= 11 is 5.67. The summed E-state index contributed by atoms with van der Waals surface area (Å²) in [6.07, 6.45) is 1.39. The molecule has 0 fully saturated rings. The largest absolute Gasteiger partial charge is 0.465 e. The summed E-state index contributed by atoms with van der Waals surface area (Å²) in [6.45, 7) is 1.78. The van der Waals surface area contributed by atoms with Gasteiger partial charge in [0.1, 0.15) is 5.15 Å². The van der Waals surface area contributed by atoms with Crippen LogP contribution in [0, 0.1) is 6.92 Å². The number of halogens is 1. The molecular formula is C8H8ClNO2. The van der Waals surface area contributed by atoms with Crippen LogP contribution in [0.2, 0.25) is 5.15 Å². The molecule has 0 aliphatic carbocycles. The number of hydrogen-bond donors (Lipinski definition) is 0. The van der Waals surface area contributed by atoms with E-state index in [1.165, 1.54) is 13.3 Å². The number of aromatic nitrogens is 1. The molecule has 0 aliphatic rings. The molecule has 0 spiro atoms. The van der Waals surface area contributed by atoms with Gasteiger partial charge in [0.15, 0.2) is 0 Å². The quantitative estimate of drug-likeness (QED) is 0.495. The molecule has 0 saturated carbocycles. The van der Waals surface area contributed by atoms with Crippen molar-refractivity contribution < 1.29 is 9.53 Å². The van der Waals surface area contributed by atoms with Crippen molar-refractivity contribution in [1.82, 2.24) is 4.98 Å². The maximum absolute atomic E-state index is 11.0. The minimum absolute atomic E-state index is 0.401. The fourth-order valence-electron chi connectivity index (χ4n) is 0.788. The fraction of sp³-hybridized carbons (Fsp3) is 0.250. The van der Waals surface area contributed by atoms with Crippen LogP contribution in [-0.2, 0) is 4.74 Å². The number of hydrogen-bond acceptors (Lipinski definition) is 3. The Labute approximate surface area is 75.3 Å². The van der Waals surface area contributed by atoms with Gasteiger partial charge in [-0.1, -0.05) is 11.6 Å². The Kier molecular flexibility index (Phi) is 2.65. The molecule has 0 saturated heterocycles. The van der Waals surface area contributed by atoms with Crippen molar-refractivity contribution in [2.75, 3.05) is 7.11 Å². The first-order chi connectivity index (χ1) is 5.65. The number of esters is 1. The molecule has 4 heteroatoms. The molecule has 1 aromatic heterocycles. The Morgan fingerprint density at radius 1 is 1.67 bits per heavy atom. The Morgan fingerprint density at radius 3 is 2.83 bits per heavy atom. The second kappa shape index (κ2) is 3.54. The Morgan fingerprint density at radius 2 is 2.33 bits per heavy atom. The average Bonchev–Trinajstić information content (AvgIpc) is 2.08. The van der Waals surface area contributed by atoms with Gasteiger partial charge in [-0.15, -0.1) is 0 Å². The average molecular weight is 186 g/mol. The third kappa shape index (κ3) is 1.74. The van der Waals surface area contributed by atoms with E-state index in [-0.39, 0.29) is 0 Å². The molecule has 1 heterocycles. The lowest BCUT2D eigenvalue weighted by atomic mass is 10.2. The van der Waals surface area contributed by atoms with Gasteiger partial charge in [0.25, 0.3) is 0 Å². The van der Waals surface area contributed by atoms with Crippen LogP contribution in [0.1, 0.15) is 15.9 Å². The maximum Gasteiger partial charge on any atom is 0.339 e. The zero-order valence-electron chi connectivity index (χ0n) is 6.80. The van der Waals surface area contributed by atoms with Crippen LogP contribution in [0.15, 0.2) is 12.3 Å². The van der Waals surface area contributed by atoms with E-state index in [4.69, 9.17) is 11.6 Å². The third-order valence-electron chi connectivity index (χ3n) is 1.44. The normalized spacial score (nSPS) is 9.58. The van der Waals surface area contributed by atoms with Gasteiger partial charge in [0.2, 0.25) is 0 Å². The van der Waals surface area contributed by atoms with Crippen LogP contribution >= 0.6 is 11.6 Å². The van der Waals surface area contributed by atoms with Crippen LogP contribution in [0.5, 0.6) is 0 Å². The van der Waals surface area contributed by atoms with E-state index in [0.29, 0.717) is 10.7 Å². The molecule has 0 N–H and O–H groups in total. The molecule has 0 aromatic carbocycles. The highest BCUT2D eigenvalue weighted by Gasteiger charge is 2.06. The standard InChI is InChI=1S/C8H8ClNO2/c1-5-3-6(8(11)12-2)4-10-7(5)9/h3-4H,1-2H3. The van der Waals surface area contributed by atoms with Crippen LogP contribution in [-0.4, -0.2) is 18.1 Å². The van der Waals surface area contributed by atoms with Gasteiger partial charge < -0.3 is 4.74 Å². The van der Waals surface area contributed by atoms with Crippen LogP contribution in [0.25, 0.3) is 0 Å². The number of methoxy groups -OCH3 is 1. The number of aryl methyl sites for hydroxylation is 1. The lowest BCUT2D eigenvalue weighted by molar-refractivity contribution is 0.0600. The number of carbonyl (C=O) groups is 1. The van der Waals surface area contributed by atoms with Gasteiger partial charge in [-0.25, -0.2) is 9.78 Å². The van der Waals surface area contributed by atoms with Gasteiger partial charge in [0.05, 0.1) is 12.7 Å². The summed E-state index contributed by atoms with van der Waals surface area (Å²) in [5.41, 5.74) is 1.18. The van der Waals surface area contributed by atoms with E-state index in [1.807, 2.05) is 0 Å². The van der Waals surface area contributed by atoms with Crippen molar-refractivity contribution in [1.29, 1.82) is 0 Å². The molecule has 12 heavy (non-hydrogen) atoms. The molecule has 1 aromatic rings. The summed E-state index contributed by atoms with van der Waals surface area (Å²) in [5.74, 6) is -0.401. The highest BCUT2D eigenvalue weighted by atomic mass is 35.5. The molecule has 64 valence electrons. The first-order valence-electron chi connectivity index (χ1n) is 3.35. The monoisotopic (exact) mass is 185 g/mol. The van der Waals surface area contributed by atoms with Crippen LogP contribution < -0.4 is 0 Å². The third-order valence-corrected chi connectivity index (χ3v) is 1.83. The molecule has 1 rings (SSSR count). The summed E-state index contributed by atoms with van der Waals surface area (Å²) < 4.78 is 4.51. The van der Waals surface area contributed by atoms with Crippen LogP contribution in [0.4, 0.5) is 0 Å². The van der Waals surface area contributed by atoms with Gasteiger partial charge in [-0.3, -0.25) is 0 Å². The number of carbonyl (C=O) groups excluding carboxylic acids is 1. The van der Waals surface area contributed by atoms with Crippen molar-refractivity contribution >= 4 is 17.6 Å². The number of pyridine rings is 1. The van der Waals surface area contributed by atoms with Crippen molar-refractivity contribution in [2.45, 2.75) is 6.92 Å². The zero-order chi connectivity index (χ0) is 9.14. The second-order valence-electron chi connectivity index (χ2n) is 2.32. The Bertz CT molecular complexity index is 312. The van der Waals surface area contributed by atoms with E-state index in [0.717, 1.165) is 5.56 Å². The summed E-state index contributed by atoms with van der Waals surface area (Å²) in [7, 11) is 1.33. The second-order valence-corrected chi connectivity index (χ2v) is 2.68. The van der Waals surface area contributed by atoms with Crippen molar-refractivity contribution in [2.24, 2.45) is 0 Å². The fourth-order valence-corrected chi connectivity index (χ4v) is 0.891. The predicted octanol–water partition coefficient (Wildman–Crippen LogP) is 1.83. The van der Waals surface area contributed by atoms with E-state index in [2.05, 4.69) is 9.72 Å². The van der Waals surface area contributed by atoms with E-state index >= 15 is 0 Å². The minimum atomic E-state index is -0.401. The topological polar surface area (TPSA) is 39.2 Å². The number of rotatable bonds is 1. The molecule has 0 bridgehead atoms. The first-order valence-corrected chi connectivity index (χ1v) is 3.73. The molecule has 0 amide bonds. The van der Waals surface area contributed by atoms with Crippen LogP contribution in [0.3, 0.4) is 0 Å². The van der Waals surface area contributed by atoms with Crippen molar-refractivity contribution in [3.05, 3.63) is 28.5 Å². The Hall–Kier alpha value is -1.09. The van der Waals surface area contributed by atoms with E-state index in [9.17, 15) is 4.79 Å². The molecular weight excluding hydrogens is 178 g/mol. The van der Waals surface area contributed by atoms with E-state index in [1.54, 1.807) is 13.0 Å². The van der Waals surface area contributed by atoms with Gasteiger partial charge >= 0.3 is 5.97 Å². The van der Waals surface area contributed by atoms with Crippen molar-refractivity contribution in [3.63, 3.8) is 0 Å². The van der Waals surface area contributed by atoms with Gasteiger partial charge in [-0.05, 0) is 18.6 Å². The molecule has 0 radical (unpaired) electrons. The summed E-state index contributed by atoms with van der Waals surface area (Å²) in [4.78, 5) is 14.8. The highest BCUT2D eigenvalue weighted by molar-refractivity contribution is 6.30. The molecule has 0 unspecified atom stereocenters. The van der Waals surface area contributed by atoms with Gasteiger partial charge in [0, 0.05) is 6.20 Å². The molecule has 3 nitrogen and oxygen atoms in total. The SMILES string of the molecule is COC(=O)c1cnc(Cl)c(C)c1. The zero-order valence-corrected chi connectivity index (χ0v) is 7.55. The van der Waals surface area contributed by atoms with Crippen molar-refractivity contribution in [3.8, 4) is 0 Å². The highest BCUT2D eigenvalue weighted by Crippen LogP contribution is 2.12. The number of ether oxygens (including phenoxy) is 1. The lowest BCUT2D eigenvalue weighted by Gasteiger charge is -2.00. The molecule has 0 atom stereocenters. The summed E-state index contributed by atoms with van der Waals surface area (Å²) in [5, 5.41) is 0.405. The smallest absolute Gasteiger partial charge is 0.339 e. The summed E-state index contributed by atoms with van der Waals surface area (Å²) in [6, 6.07) is 1.64. The molecule has 0 aliphatic heterocycles. The predicted molar refractivity (Wildman–Crippen MR) is 45.3 cm³/mol. The van der Waals surface area contributed by atoms with Gasteiger partial charge in [-0.2, -0.15) is 0 Å². The first kappa shape index (κ1) is 9.00. The minimum Gasteiger partial charge on any atom is -0.465 e. The maximum atomic E-state index is 11.0. The lowest BCUT2D eigenvalue weighted by Crippen LogP contribution is -2.02. The number of nitrogens with zero attached hydrogens (tertiary/aromatic N) is 1.